The van der Waals surface area contributed by atoms with Gasteiger partial charge in [0.25, 0.3) is 5.91 Å². The van der Waals surface area contributed by atoms with Crippen LogP contribution >= 0.6 is 15.9 Å². The Morgan fingerprint density at radius 3 is 2.90 bits per heavy atom. The lowest BCUT2D eigenvalue weighted by atomic mass is 10.2. The largest absolute Gasteiger partial charge is 0.394 e. The minimum absolute atomic E-state index is 0.0135. The summed E-state index contributed by atoms with van der Waals surface area (Å²) in [5, 5.41) is 9.22. The number of aliphatic hydroxyl groups is 1. The van der Waals surface area contributed by atoms with Crippen LogP contribution < -0.4 is 0 Å². The van der Waals surface area contributed by atoms with Gasteiger partial charge >= 0.3 is 0 Å². The highest BCUT2D eigenvalue weighted by molar-refractivity contribution is 9.10. The van der Waals surface area contributed by atoms with Gasteiger partial charge in [-0.3, -0.25) is 4.79 Å². The first-order chi connectivity index (χ1) is 9.43. The Bertz CT molecular complexity index is 487. The molecule has 0 aromatic carbocycles. The number of rotatable bonds is 3. The molecule has 1 fully saturated rings. The van der Waals surface area contributed by atoms with E-state index in [2.05, 4.69) is 15.9 Å². The third-order valence-electron chi connectivity index (χ3n) is 3.56. The normalized spacial score (nSPS) is 23.4. The van der Waals surface area contributed by atoms with Crippen LogP contribution in [0.25, 0.3) is 0 Å². The van der Waals surface area contributed by atoms with E-state index in [1.54, 1.807) is 4.90 Å². The fraction of sp³-hybridized carbons (Fsp3) is 0.643. The molecule has 1 aliphatic rings. The van der Waals surface area contributed by atoms with E-state index in [0.717, 1.165) is 4.47 Å². The highest BCUT2D eigenvalue weighted by atomic mass is 79.9. The molecule has 20 heavy (non-hydrogen) atoms. The average Bonchev–Trinajstić information content (AvgIpc) is 2.81. The molecule has 1 aromatic heterocycles. The molecule has 0 bridgehead atoms. The van der Waals surface area contributed by atoms with Gasteiger partial charge in [-0.2, -0.15) is 0 Å². The van der Waals surface area contributed by atoms with E-state index in [1.165, 1.54) is 0 Å². The fourth-order valence-corrected chi connectivity index (χ4v) is 2.84. The van der Waals surface area contributed by atoms with Crippen molar-refractivity contribution in [3.05, 3.63) is 22.4 Å². The van der Waals surface area contributed by atoms with Crippen LogP contribution in [0.4, 0.5) is 0 Å². The zero-order chi connectivity index (χ0) is 14.9. The highest BCUT2D eigenvalue weighted by Crippen LogP contribution is 2.23. The highest BCUT2D eigenvalue weighted by Gasteiger charge is 2.31. The lowest BCUT2D eigenvalue weighted by Gasteiger charge is -2.37. The second-order valence-corrected chi connectivity index (χ2v) is 6.40. The van der Waals surface area contributed by atoms with E-state index < -0.39 is 0 Å². The standard InChI is InChI=1S/C14H21BrN2O3/c1-9(2)16-5-11(15)4-13(16)14(19)17-6-12(7-18)20-8-10(17)3/h4-5,9-10,12,18H,6-8H2,1-3H3. The number of halogens is 1. The monoisotopic (exact) mass is 344 g/mol. The molecule has 2 unspecified atom stereocenters. The predicted octanol–water partition coefficient (Wildman–Crippen LogP) is 2.05. The summed E-state index contributed by atoms with van der Waals surface area (Å²) in [6, 6.07) is 2.07. The molecule has 0 radical (unpaired) electrons. The Labute approximate surface area is 127 Å². The van der Waals surface area contributed by atoms with Crippen molar-refractivity contribution in [3.63, 3.8) is 0 Å². The van der Waals surface area contributed by atoms with Crippen LogP contribution in [0.1, 0.15) is 37.3 Å². The van der Waals surface area contributed by atoms with Crippen molar-refractivity contribution in [2.75, 3.05) is 19.8 Å². The van der Waals surface area contributed by atoms with Crippen molar-refractivity contribution in [2.45, 2.75) is 39.0 Å². The van der Waals surface area contributed by atoms with E-state index >= 15 is 0 Å². The Balaban J connectivity index is 2.25. The van der Waals surface area contributed by atoms with Crippen LogP contribution in [0.3, 0.4) is 0 Å². The van der Waals surface area contributed by atoms with Crippen LogP contribution in [0.2, 0.25) is 0 Å². The number of nitrogens with zero attached hydrogens (tertiary/aromatic N) is 2. The lowest BCUT2D eigenvalue weighted by molar-refractivity contribution is -0.0670. The maximum Gasteiger partial charge on any atom is 0.270 e. The minimum Gasteiger partial charge on any atom is -0.394 e. The molecule has 0 spiro atoms. The quantitative estimate of drug-likeness (QED) is 0.912. The zero-order valence-electron chi connectivity index (χ0n) is 12.0. The topological polar surface area (TPSA) is 54.7 Å². The Hall–Kier alpha value is -0.850. The molecular weight excluding hydrogens is 324 g/mol. The summed E-state index contributed by atoms with van der Waals surface area (Å²) in [5.74, 6) is -0.0151. The van der Waals surface area contributed by atoms with Gasteiger partial charge in [-0.15, -0.1) is 0 Å². The number of carbonyl (C=O) groups excluding carboxylic acids is 1. The molecule has 1 aromatic rings. The summed E-state index contributed by atoms with van der Waals surface area (Å²) in [6.45, 7) is 6.87. The van der Waals surface area contributed by atoms with Crippen molar-refractivity contribution in [1.29, 1.82) is 0 Å². The lowest BCUT2D eigenvalue weighted by Crippen LogP contribution is -2.52. The van der Waals surface area contributed by atoms with E-state index in [-0.39, 0.29) is 30.7 Å². The number of aromatic nitrogens is 1. The zero-order valence-corrected chi connectivity index (χ0v) is 13.6. The van der Waals surface area contributed by atoms with Gasteiger partial charge in [0.2, 0.25) is 0 Å². The van der Waals surface area contributed by atoms with Gasteiger partial charge < -0.3 is 19.3 Å². The van der Waals surface area contributed by atoms with Gasteiger partial charge in [0, 0.05) is 23.3 Å². The van der Waals surface area contributed by atoms with Gasteiger partial charge in [0.1, 0.15) is 5.69 Å². The molecule has 5 nitrogen and oxygen atoms in total. The third kappa shape index (κ3) is 3.07. The second kappa shape index (κ2) is 6.28. The molecule has 1 N–H and O–H groups in total. The van der Waals surface area contributed by atoms with Crippen molar-refractivity contribution in [3.8, 4) is 0 Å². The third-order valence-corrected chi connectivity index (χ3v) is 3.99. The first kappa shape index (κ1) is 15.5. The molecule has 0 aliphatic carbocycles. The summed E-state index contributed by atoms with van der Waals surface area (Å²) < 4.78 is 8.34. The molecule has 1 aliphatic heterocycles. The van der Waals surface area contributed by atoms with Crippen LogP contribution in [0.15, 0.2) is 16.7 Å². The van der Waals surface area contributed by atoms with Crippen molar-refractivity contribution >= 4 is 21.8 Å². The molecule has 1 saturated heterocycles. The first-order valence-electron chi connectivity index (χ1n) is 6.84. The first-order valence-corrected chi connectivity index (χ1v) is 7.64. The summed E-state index contributed by atoms with van der Waals surface area (Å²) in [7, 11) is 0. The number of aliphatic hydroxyl groups excluding tert-OH is 1. The molecule has 2 rings (SSSR count). The smallest absolute Gasteiger partial charge is 0.270 e. The number of hydrogen-bond acceptors (Lipinski definition) is 3. The maximum atomic E-state index is 12.8. The van der Waals surface area contributed by atoms with Crippen molar-refractivity contribution in [2.24, 2.45) is 0 Å². The average molecular weight is 345 g/mol. The van der Waals surface area contributed by atoms with Crippen LogP contribution in [0.5, 0.6) is 0 Å². The fourth-order valence-electron chi connectivity index (χ4n) is 2.40. The van der Waals surface area contributed by atoms with Crippen LogP contribution in [0, 0.1) is 0 Å². The van der Waals surface area contributed by atoms with E-state index in [9.17, 15) is 9.90 Å². The van der Waals surface area contributed by atoms with E-state index in [1.807, 2.05) is 37.6 Å². The SMILES string of the molecule is CC1COC(CO)CN1C(=O)c1cc(Br)cn1C(C)C. The maximum absolute atomic E-state index is 12.8. The molecule has 6 heteroatoms. The van der Waals surface area contributed by atoms with Gasteiger partial charge in [-0.25, -0.2) is 0 Å². The van der Waals surface area contributed by atoms with Gasteiger partial charge in [0.15, 0.2) is 0 Å². The Kier molecular flexibility index (Phi) is 4.88. The van der Waals surface area contributed by atoms with Gasteiger partial charge in [-0.1, -0.05) is 0 Å². The summed E-state index contributed by atoms with van der Waals surface area (Å²) in [6.07, 6.45) is 1.63. The summed E-state index contributed by atoms with van der Waals surface area (Å²) in [4.78, 5) is 14.5. The summed E-state index contributed by atoms with van der Waals surface area (Å²) >= 11 is 3.43. The minimum atomic E-state index is -0.291. The Morgan fingerprint density at radius 2 is 2.30 bits per heavy atom. The number of morpholine rings is 1. The summed E-state index contributed by atoms with van der Waals surface area (Å²) in [5.41, 5.74) is 0.664. The van der Waals surface area contributed by atoms with Crippen molar-refractivity contribution < 1.29 is 14.6 Å². The predicted molar refractivity (Wildman–Crippen MR) is 79.8 cm³/mol. The van der Waals surface area contributed by atoms with E-state index in [4.69, 9.17) is 4.74 Å². The molecule has 1 amide bonds. The van der Waals surface area contributed by atoms with Crippen LogP contribution in [-0.4, -0.2) is 52.4 Å². The number of hydrogen-bond donors (Lipinski definition) is 1. The van der Waals surface area contributed by atoms with E-state index in [0.29, 0.717) is 18.8 Å². The van der Waals surface area contributed by atoms with Gasteiger partial charge in [0.05, 0.1) is 25.4 Å². The second-order valence-electron chi connectivity index (χ2n) is 5.49. The number of ether oxygens (including phenoxy) is 1. The van der Waals surface area contributed by atoms with Crippen molar-refractivity contribution in [1.82, 2.24) is 9.47 Å². The molecule has 0 saturated carbocycles. The van der Waals surface area contributed by atoms with Gasteiger partial charge in [-0.05, 0) is 42.8 Å². The van der Waals surface area contributed by atoms with Crippen LogP contribution in [-0.2, 0) is 4.74 Å². The molecular formula is C14H21BrN2O3. The number of carbonyl (C=O) groups is 1. The molecule has 2 heterocycles. The Morgan fingerprint density at radius 1 is 1.60 bits per heavy atom. The number of amides is 1. The molecule has 2 atom stereocenters. The molecule has 112 valence electrons.